The summed E-state index contributed by atoms with van der Waals surface area (Å²) in [4.78, 5) is 25.3. The molecule has 1 N–H and O–H groups in total. The summed E-state index contributed by atoms with van der Waals surface area (Å²) in [5.74, 6) is -3.02. The molecule has 19 heavy (non-hydrogen) atoms. The van der Waals surface area contributed by atoms with Gasteiger partial charge in [-0.05, 0) is 14.1 Å². The number of piperazine rings is 1. The zero-order chi connectivity index (χ0) is 14.6. The van der Waals surface area contributed by atoms with Gasteiger partial charge in [-0.2, -0.15) is 13.2 Å². The maximum atomic E-state index is 12.2. The Labute approximate surface area is 108 Å². The second-order valence-electron chi connectivity index (χ2n) is 4.29. The molecule has 0 saturated carbocycles. The Morgan fingerprint density at radius 1 is 1.26 bits per heavy atom. The van der Waals surface area contributed by atoms with Crippen molar-refractivity contribution in [1.29, 1.82) is 0 Å². The molecule has 9 heteroatoms. The maximum Gasteiger partial charge on any atom is 0.490 e. The molecule has 1 aliphatic heterocycles. The van der Waals surface area contributed by atoms with Gasteiger partial charge in [0.2, 0.25) is 6.23 Å². The first-order chi connectivity index (χ1) is 8.73. The van der Waals surface area contributed by atoms with Crippen LogP contribution >= 0.6 is 0 Å². The van der Waals surface area contributed by atoms with Crippen LogP contribution in [-0.4, -0.2) is 74.4 Å². The molecule has 1 aliphatic rings. The van der Waals surface area contributed by atoms with Crippen LogP contribution < -0.4 is 5.32 Å². The fourth-order valence-electron chi connectivity index (χ4n) is 1.59. The number of hydrogen-bond acceptors (Lipinski definition) is 5. The second kappa shape index (κ2) is 6.20. The van der Waals surface area contributed by atoms with Gasteiger partial charge in [-0.1, -0.05) is 0 Å². The van der Waals surface area contributed by atoms with Crippen LogP contribution in [0, 0.1) is 0 Å². The molecule has 6 nitrogen and oxygen atoms in total. The molecule has 1 amide bonds. The van der Waals surface area contributed by atoms with Crippen LogP contribution in [0.5, 0.6) is 0 Å². The molecule has 1 atom stereocenters. The fraction of sp³-hybridized carbons (Fsp3) is 0.800. The van der Waals surface area contributed by atoms with Crippen molar-refractivity contribution in [3.05, 3.63) is 0 Å². The van der Waals surface area contributed by atoms with Crippen molar-refractivity contribution >= 4 is 11.9 Å². The summed E-state index contributed by atoms with van der Waals surface area (Å²) in [5, 5.41) is 3.01. The molecular formula is C10H16F3N3O3. The van der Waals surface area contributed by atoms with Crippen molar-refractivity contribution < 1.29 is 27.5 Å². The average Bonchev–Trinajstić information content (AvgIpc) is 2.34. The van der Waals surface area contributed by atoms with Gasteiger partial charge < -0.3 is 15.0 Å². The molecule has 0 radical (unpaired) electrons. The molecule has 0 aliphatic carbocycles. The van der Waals surface area contributed by atoms with Crippen LogP contribution in [0.2, 0.25) is 0 Å². The van der Waals surface area contributed by atoms with Gasteiger partial charge in [0.15, 0.2) is 0 Å². The number of carbonyl (C=O) groups is 2. The molecule has 1 unspecified atom stereocenters. The molecular weight excluding hydrogens is 267 g/mol. The van der Waals surface area contributed by atoms with Gasteiger partial charge in [0, 0.05) is 26.2 Å². The average molecular weight is 283 g/mol. The first kappa shape index (κ1) is 15.7. The maximum absolute atomic E-state index is 12.2. The van der Waals surface area contributed by atoms with E-state index in [9.17, 15) is 22.8 Å². The van der Waals surface area contributed by atoms with Crippen molar-refractivity contribution in [1.82, 2.24) is 15.1 Å². The highest BCUT2D eigenvalue weighted by molar-refractivity contribution is 5.85. The molecule has 0 spiro atoms. The van der Waals surface area contributed by atoms with E-state index in [0.29, 0.717) is 26.2 Å². The van der Waals surface area contributed by atoms with Crippen molar-refractivity contribution in [3.63, 3.8) is 0 Å². The van der Waals surface area contributed by atoms with Gasteiger partial charge in [0.25, 0.3) is 5.91 Å². The number of likely N-dealkylation sites (N-methyl/N-ethyl adjacent to an activating group) is 1. The predicted molar refractivity (Wildman–Crippen MR) is 59.1 cm³/mol. The topological polar surface area (TPSA) is 61.9 Å². The molecule has 1 fully saturated rings. The second-order valence-corrected chi connectivity index (χ2v) is 4.29. The third kappa shape index (κ3) is 4.35. The molecule has 0 aromatic carbocycles. The lowest BCUT2D eigenvalue weighted by molar-refractivity contribution is -0.213. The number of nitrogens with zero attached hydrogens (tertiary/aromatic N) is 2. The lowest BCUT2D eigenvalue weighted by atomic mass is 10.3. The van der Waals surface area contributed by atoms with E-state index >= 15 is 0 Å². The SMILES string of the molecule is CN(C)C(OC(=O)C(F)(F)F)C(=O)N1CCNCC1. The number of rotatable bonds is 3. The minimum absolute atomic E-state index is 0.368. The lowest BCUT2D eigenvalue weighted by Crippen LogP contribution is -2.54. The highest BCUT2D eigenvalue weighted by Gasteiger charge is 2.44. The lowest BCUT2D eigenvalue weighted by Gasteiger charge is -2.32. The molecule has 0 aromatic heterocycles. The summed E-state index contributed by atoms with van der Waals surface area (Å²) in [6.45, 7) is 1.84. The van der Waals surface area contributed by atoms with Crippen molar-refractivity contribution in [3.8, 4) is 0 Å². The zero-order valence-corrected chi connectivity index (χ0v) is 10.7. The van der Waals surface area contributed by atoms with Crippen LogP contribution in [-0.2, 0) is 14.3 Å². The van der Waals surface area contributed by atoms with Gasteiger partial charge in [-0.15, -0.1) is 0 Å². The predicted octanol–water partition coefficient (Wildman–Crippen LogP) is -0.589. The first-order valence-electron chi connectivity index (χ1n) is 5.67. The monoisotopic (exact) mass is 283 g/mol. The highest BCUT2D eigenvalue weighted by Crippen LogP contribution is 2.18. The Hall–Kier alpha value is -1.35. The van der Waals surface area contributed by atoms with Crippen LogP contribution in [0.4, 0.5) is 13.2 Å². The molecule has 110 valence electrons. The summed E-state index contributed by atoms with van der Waals surface area (Å²) in [6.07, 6.45) is -6.68. The van der Waals surface area contributed by atoms with Crippen LogP contribution in [0.1, 0.15) is 0 Å². The number of esters is 1. The Bertz CT molecular complexity index is 341. The Morgan fingerprint density at radius 3 is 2.21 bits per heavy atom. The Morgan fingerprint density at radius 2 is 1.79 bits per heavy atom. The number of ether oxygens (including phenoxy) is 1. The van der Waals surface area contributed by atoms with Gasteiger partial charge in [-0.3, -0.25) is 9.69 Å². The number of alkyl halides is 3. The van der Waals surface area contributed by atoms with E-state index in [1.54, 1.807) is 0 Å². The van der Waals surface area contributed by atoms with E-state index in [2.05, 4.69) is 10.1 Å². The van der Waals surface area contributed by atoms with E-state index in [4.69, 9.17) is 0 Å². The van der Waals surface area contributed by atoms with E-state index < -0.39 is 24.3 Å². The van der Waals surface area contributed by atoms with Gasteiger partial charge in [-0.25, -0.2) is 4.79 Å². The normalized spacial score (nSPS) is 18.3. The fourth-order valence-corrected chi connectivity index (χ4v) is 1.59. The molecule has 0 aromatic rings. The molecule has 1 saturated heterocycles. The van der Waals surface area contributed by atoms with Crippen LogP contribution in [0.15, 0.2) is 0 Å². The smallest absolute Gasteiger partial charge is 0.430 e. The number of halogens is 3. The van der Waals surface area contributed by atoms with Crippen molar-refractivity contribution in [2.75, 3.05) is 40.3 Å². The summed E-state index contributed by atoms with van der Waals surface area (Å²) >= 11 is 0. The van der Waals surface area contributed by atoms with Crippen LogP contribution in [0.25, 0.3) is 0 Å². The van der Waals surface area contributed by atoms with E-state index in [1.807, 2.05) is 0 Å². The largest absolute Gasteiger partial charge is 0.490 e. The van der Waals surface area contributed by atoms with E-state index in [0.717, 1.165) is 4.90 Å². The number of amides is 1. The Balaban J connectivity index is 2.71. The minimum atomic E-state index is -5.11. The van der Waals surface area contributed by atoms with E-state index in [-0.39, 0.29) is 0 Å². The molecule has 1 rings (SSSR count). The zero-order valence-electron chi connectivity index (χ0n) is 10.7. The number of hydrogen-bond donors (Lipinski definition) is 1. The first-order valence-corrected chi connectivity index (χ1v) is 5.67. The number of carbonyl (C=O) groups excluding carboxylic acids is 2. The summed E-state index contributed by atoms with van der Waals surface area (Å²) < 4.78 is 40.7. The molecule has 1 heterocycles. The summed E-state index contributed by atoms with van der Waals surface area (Å²) in [7, 11) is 2.74. The standard InChI is InChI=1S/C10H16F3N3O3/c1-15(2)8(19-9(18)10(11,12)13)7(17)16-5-3-14-4-6-16/h8,14H,3-6H2,1-2H3. The van der Waals surface area contributed by atoms with Crippen LogP contribution in [0.3, 0.4) is 0 Å². The quantitative estimate of drug-likeness (QED) is 0.554. The number of nitrogens with one attached hydrogen (secondary N) is 1. The Kier molecular flexibility index (Phi) is 5.12. The minimum Gasteiger partial charge on any atom is -0.430 e. The van der Waals surface area contributed by atoms with Crippen molar-refractivity contribution in [2.45, 2.75) is 12.4 Å². The summed E-state index contributed by atoms with van der Waals surface area (Å²) in [5.41, 5.74) is 0. The summed E-state index contributed by atoms with van der Waals surface area (Å²) in [6, 6.07) is 0. The third-order valence-electron chi connectivity index (χ3n) is 2.56. The molecule has 0 bridgehead atoms. The highest BCUT2D eigenvalue weighted by atomic mass is 19.4. The van der Waals surface area contributed by atoms with Gasteiger partial charge >= 0.3 is 12.1 Å². The van der Waals surface area contributed by atoms with Gasteiger partial charge in [0.05, 0.1) is 0 Å². The van der Waals surface area contributed by atoms with Crippen molar-refractivity contribution in [2.24, 2.45) is 0 Å². The third-order valence-corrected chi connectivity index (χ3v) is 2.56. The van der Waals surface area contributed by atoms with E-state index in [1.165, 1.54) is 19.0 Å². The van der Waals surface area contributed by atoms with Gasteiger partial charge in [0.1, 0.15) is 0 Å².